The van der Waals surface area contributed by atoms with Crippen LogP contribution in [0.5, 0.6) is 0 Å². The van der Waals surface area contributed by atoms with Crippen molar-refractivity contribution in [2.75, 3.05) is 24.2 Å². The number of benzene rings is 1. The number of fused-ring (bicyclic) bond motifs is 1. The van der Waals surface area contributed by atoms with Gasteiger partial charge in [-0.2, -0.15) is 0 Å². The number of anilines is 2. The second kappa shape index (κ2) is 4.00. The molecule has 70 valence electrons. The van der Waals surface area contributed by atoms with E-state index in [1.165, 1.54) is 5.69 Å². The fourth-order valence-electron chi connectivity index (χ4n) is 1.51. The highest BCUT2D eigenvalue weighted by Gasteiger charge is 2.09. The van der Waals surface area contributed by atoms with Gasteiger partial charge in [0.1, 0.15) is 0 Å². The highest BCUT2D eigenvalue weighted by atomic mass is 127. The molecule has 2 N–H and O–H groups in total. The van der Waals surface area contributed by atoms with Crippen molar-refractivity contribution in [2.45, 2.75) is 0 Å². The summed E-state index contributed by atoms with van der Waals surface area (Å²) in [7, 11) is 2.07. The summed E-state index contributed by atoms with van der Waals surface area (Å²) in [6.07, 6.45) is 4.21. The summed E-state index contributed by atoms with van der Waals surface area (Å²) >= 11 is 0. The van der Waals surface area contributed by atoms with Gasteiger partial charge in [-0.1, -0.05) is 18.2 Å². The van der Waals surface area contributed by atoms with Gasteiger partial charge in [-0.25, -0.2) is 0 Å². The van der Waals surface area contributed by atoms with Crippen LogP contribution < -0.4 is 10.6 Å². The second-order valence-corrected chi connectivity index (χ2v) is 3.06. The molecular weight excluding hydrogens is 275 g/mol. The first-order valence-electron chi connectivity index (χ1n) is 4.05. The van der Waals surface area contributed by atoms with Gasteiger partial charge < -0.3 is 10.6 Å². The van der Waals surface area contributed by atoms with Crippen molar-refractivity contribution < 1.29 is 0 Å². The molecule has 0 spiro atoms. The molecule has 0 bridgehead atoms. The van der Waals surface area contributed by atoms with Gasteiger partial charge in [0.05, 0.1) is 0 Å². The Morgan fingerprint density at radius 3 is 2.85 bits per heavy atom. The van der Waals surface area contributed by atoms with Crippen LogP contribution in [0.3, 0.4) is 0 Å². The minimum absolute atomic E-state index is 0. The van der Waals surface area contributed by atoms with Gasteiger partial charge in [-0.15, -0.1) is 24.0 Å². The lowest BCUT2D eigenvalue weighted by Gasteiger charge is -2.24. The molecule has 0 atom stereocenters. The van der Waals surface area contributed by atoms with E-state index in [9.17, 15) is 0 Å². The molecule has 0 unspecified atom stereocenters. The van der Waals surface area contributed by atoms with E-state index in [1.807, 2.05) is 12.1 Å². The van der Waals surface area contributed by atoms with E-state index in [1.54, 1.807) is 0 Å². The predicted molar refractivity (Wildman–Crippen MR) is 68.6 cm³/mol. The zero-order valence-corrected chi connectivity index (χ0v) is 9.86. The summed E-state index contributed by atoms with van der Waals surface area (Å²) < 4.78 is 0. The molecule has 0 radical (unpaired) electrons. The van der Waals surface area contributed by atoms with Crippen LogP contribution in [-0.2, 0) is 0 Å². The predicted octanol–water partition coefficient (Wildman–Crippen LogP) is 2.35. The molecule has 1 aromatic rings. The molecule has 3 heteroatoms. The van der Waals surface area contributed by atoms with Crippen molar-refractivity contribution in [3.63, 3.8) is 0 Å². The first-order valence-corrected chi connectivity index (χ1v) is 4.05. The topological polar surface area (TPSA) is 29.3 Å². The molecule has 13 heavy (non-hydrogen) atoms. The number of hydrogen-bond acceptors (Lipinski definition) is 2. The van der Waals surface area contributed by atoms with E-state index < -0.39 is 0 Å². The Bertz CT molecular complexity index is 334. The number of likely N-dealkylation sites (N-methyl/N-ethyl adjacent to an activating group) is 1. The largest absolute Gasteiger partial charge is 0.398 e. The summed E-state index contributed by atoms with van der Waals surface area (Å²) in [6, 6.07) is 6.02. The van der Waals surface area contributed by atoms with Crippen LogP contribution in [0.2, 0.25) is 0 Å². The zero-order chi connectivity index (χ0) is 8.55. The first-order chi connectivity index (χ1) is 5.79. The molecule has 1 heterocycles. The Balaban J connectivity index is 0.000000845. The lowest BCUT2D eigenvalue weighted by Crippen LogP contribution is -2.20. The molecular formula is C10H13IN2. The molecule has 1 aliphatic heterocycles. The molecule has 0 saturated heterocycles. The molecule has 2 nitrogen and oxygen atoms in total. The minimum Gasteiger partial charge on any atom is -0.398 e. The van der Waals surface area contributed by atoms with Crippen LogP contribution in [0.4, 0.5) is 11.4 Å². The van der Waals surface area contributed by atoms with Crippen LogP contribution >= 0.6 is 24.0 Å². The average molecular weight is 288 g/mol. The van der Waals surface area contributed by atoms with Gasteiger partial charge >= 0.3 is 0 Å². The Morgan fingerprint density at radius 2 is 2.15 bits per heavy atom. The van der Waals surface area contributed by atoms with E-state index in [2.05, 4.69) is 30.2 Å². The van der Waals surface area contributed by atoms with Crippen molar-refractivity contribution in [1.29, 1.82) is 0 Å². The average Bonchev–Trinajstić information content (AvgIpc) is 2.07. The third-order valence-electron chi connectivity index (χ3n) is 2.19. The van der Waals surface area contributed by atoms with E-state index in [0.717, 1.165) is 17.8 Å². The highest BCUT2D eigenvalue weighted by molar-refractivity contribution is 14.0. The van der Waals surface area contributed by atoms with Crippen LogP contribution in [0.1, 0.15) is 5.56 Å². The number of nitrogens with two attached hydrogens (primary N) is 1. The fraction of sp³-hybridized carbons (Fsp3) is 0.200. The zero-order valence-electron chi connectivity index (χ0n) is 7.53. The fourth-order valence-corrected chi connectivity index (χ4v) is 1.51. The summed E-state index contributed by atoms with van der Waals surface area (Å²) in [5.74, 6) is 0. The molecule has 0 amide bonds. The number of halogens is 1. The highest BCUT2D eigenvalue weighted by Crippen LogP contribution is 2.28. The third-order valence-corrected chi connectivity index (χ3v) is 2.19. The number of rotatable bonds is 0. The van der Waals surface area contributed by atoms with E-state index >= 15 is 0 Å². The van der Waals surface area contributed by atoms with Gasteiger partial charge in [-0.3, -0.25) is 0 Å². The molecule has 0 saturated carbocycles. The Hall–Kier alpha value is -0.710. The second-order valence-electron chi connectivity index (χ2n) is 3.06. The van der Waals surface area contributed by atoms with E-state index in [4.69, 9.17) is 5.73 Å². The Morgan fingerprint density at radius 1 is 1.38 bits per heavy atom. The van der Waals surface area contributed by atoms with Crippen molar-refractivity contribution in [3.8, 4) is 0 Å². The molecule has 0 aliphatic carbocycles. The Kier molecular flexibility index (Phi) is 3.19. The standard InChI is InChI=1S/C10H12N2.HI/c1-12-7-3-4-8-9(11)5-2-6-10(8)12;/h2-6H,7,11H2,1H3;1H. The quantitative estimate of drug-likeness (QED) is 0.586. The maximum absolute atomic E-state index is 5.83. The monoisotopic (exact) mass is 288 g/mol. The molecule has 2 rings (SSSR count). The summed E-state index contributed by atoms with van der Waals surface area (Å²) in [5, 5.41) is 0. The minimum atomic E-state index is 0. The molecule has 0 fully saturated rings. The summed E-state index contributed by atoms with van der Waals surface area (Å²) in [5.41, 5.74) is 9.05. The number of hydrogen-bond donors (Lipinski definition) is 1. The lowest BCUT2D eigenvalue weighted by atomic mass is 10.1. The van der Waals surface area contributed by atoms with Crippen molar-refractivity contribution in [1.82, 2.24) is 0 Å². The smallest absolute Gasteiger partial charge is 0.0460 e. The lowest BCUT2D eigenvalue weighted by molar-refractivity contribution is 1.02. The van der Waals surface area contributed by atoms with Crippen LogP contribution in [0.15, 0.2) is 24.3 Å². The van der Waals surface area contributed by atoms with Gasteiger partial charge in [0.2, 0.25) is 0 Å². The Labute approximate surface area is 95.4 Å². The van der Waals surface area contributed by atoms with Crippen molar-refractivity contribution in [3.05, 3.63) is 29.8 Å². The van der Waals surface area contributed by atoms with E-state index in [0.29, 0.717) is 0 Å². The third kappa shape index (κ3) is 1.80. The van der Waals surface area contributed by atoms with Gasteiger partial charge in [0.15, 0.2) is 0 Å². The molecule has 0 aromatic heterocycles. The molecule has 1 aliphatic rings. The van der Waals surface area contributed by atoms with Crippen molar-refractivity contribution in [2.24, 2.45) is 0 Å². The summed E-state index contributed by atoms with van der Waals surface area (Å²) in [6.45, 7) is 0.969. The van der Waals surface area contributed by atoms with Crippen LogP contribution in [0.25, 0.3) is 6.08 Å². The maximum atomic E-state index is 5.83. The first kappa shape index (κ1) is 10.4. The number of nitrogens with zero attached hydrogens (tertiary/aromatic N) is 1. The summed E-state index contributed by atoms with van der Waals surface area (Å²) in [4.78, 5) is 2.19. The normalized spacial score (nSPS) is 13.5. The SMILES string of the molecule is CN1CC=Cc2c(N)cccc21.I. The van der Waals surface area contributed by atoms with Gasteiger partial charge in [0.25, 0.3) is 0 Å². The molecule has 1 aromatic carbocycles. The van der Waals surface area contributed by atoms with Crippen LogP contribution in [-0.4, -0.2) is 13.6 Å². The number of nitrogen functional groups attached to an aromatic ring is 1. The maximum Gasteiger partial charge on any atom is 0.0460 e. The van der Waals surface area contributed by atoms with Crippen LogP contribution in [0, 0.1) is 0 Å². The van der Waals surface area contributed by atoms with E-state index in [-0.39, 0.29) is 24.0 Å². The van der Waals surface area contributed by atoms with Crippen molar-refractivity contribution >= 4 is 41.4 Å². The van der Waals surface area contributed by atoms with Gasteiger partial charge in [0, 0.05) is 30.5 Å². The van der Waals surface area contributed by atoms with Gasteiger partial charge in [-0.05, 0) is 12.1 Å².